The van der Waals surface area contributed by atoms with Gasteiger partial charge in [-0.05, 0) is 35.4 Å². The van der Waals surface area contributed by atoms with Gasteiger partial charge in [0.15, 0.2) is 0 Å². The molecule has 0 radical (unpaired) electrons. The molecule has 0 bridgehead atoms. The van der Waals surface area contributed by atoms with Crippen LogP contribution in [0.2, 0.25) is 0 Å². The quantitative estimate of drug-likeness (QED) is 0.864. The Morgan fingerprint density at radius 3 is 1.94 bits per heavy atom. The molecule has 1 N–H and O–H groups in total. The fourth-order valence-electron chi connectivity index (χ4n) is 2.71. The SMILES string of the molecule is CC(NC1C(C)(C)C1(C)C)c1ccc(Br)cc1. The Morgan fingerprint density at radius 2 is 1.53 bits per heavy atom. The normalized spacial score (nSPS) is 23.4. The second kappa shape index (κ2) is 4.10. The van der Waals surface area contributed by atoms with Crippen molar-refractivity contribution in [2.75, 3.05) is 0 Å². The van der Waals surface area contributed by atoms with Gasteiger partial charge >= 0.3 is 0 Å². The standard InChI is InChI=1S/C15H22BrN/c1-10(11-6-8-12(16)9-7-11)17-13-14(2,3)15(13,4)5/h6-10,13,17H,1-5H3. The molecule has 1 atom stereocenters. The van der Waals surface area contributed by atoms with Gasteiger partial charge in [0.2, 0.25) is 0 Å². The smallest absolute Gasteiger partial charge is 0.0294 e. The fourth-order valence-corrected chi connectivity index (χ4v) is 2.98. The van der Waals surface area contributed by atoms with E-state index in [1.54, 1.807) is 0 Å². The first-order valence-electron chi connectivity index (χ1n) is 6.28. The third kappa shape index (κ3) is 2.17. The molecule has 0 aromatic heterocycles. The van der Waals surface area contributed by atoms with Gasteiger partial charge in [-0.15, -0.1) is 0 Å². The summed E-state index contributed by atoms with van der Waals surface area (Å²) < 4.78 is 1.14. The third-order valence-electron chi connectivity index (χ3n) is 4.81. The molecule has 1 nitrogen and oxygen atoms in total. The molecule has 1 saturated carbocycles. The van der Waals surface area contributed by atoms with E-state index in [1.807, 2.05) is 0 Å². The number of halogens is 1. The molecule has 1 fully saturated rings. The van der Waals surface area contributed by atoms with Crippen LogP contribution in [-0.2, 0) is 0 Å². The van der Waals surface area contributed by atoms with Gasteiger partial charge in [0.05, 0.1) is 0 Å². The van der Waals surface area contributed by atoms with E-state index in [2.05, 4.69) is 80.1 Å². The van der Waals surface area contributed by atoms with E-state index in [0.29, 0.717) is 22.9 Å². The monoisotopic (exact) mass is 295 g/mol. The topological polar surface area (TPSA) is 12.0 Å². The molecule has 1 aromatic rings. The second-order valence-corrected chi connectivity index (χ2v) is 7.23. The lowest BCUT2D eigenvalue weighted by Crippen LogP contribution is -2.25. The first-order chi connectivity index (χ1) is 7.76. The lowest BCUT2D eigenvalue weighted by Gasteiger charge is -2.16. The number of benzene rings is 1. The van der Waals surface area contributed by atoms with E-state index >= 15 is 0 Å². The summed E-state index contributed by atoms with van der Waals surface area (Å²) >= 11 is 3.47. The van der Waals surface area contributed by atoms with Gasteiger partial charge in [-0.1, -0.05) is 55.8 Å². The number of hydrogen-bond acceptors (Lipinski definition) is 1. The maximum Gasteiger partial charge on any atom is 0.0294 e. The van der Waals surface area contributed by atoms with Gasteiger partial charge in [0.1, 0.15) is 0 Å². The molecule has 94 valence electrons. The molecule has 2 rings (SSSR count). The zero-order chi connectivity index (χ0) is 12.8. The van der Waals surface area contributed by atoms with Crippen molar-refractivity contribution >= 4 is 15.9 Å². The van der Waals surface area contributed by atoms with Crippen molar-refractivity contribution in [3.8, 4) is 0 Å². The number of hydrogen-bond donors (Lipinski definition) is 1. The third-order valence-corrected chi connectivity index (χ3v) is 5.34. The van der Waals surface area contributed by atoms with Crippen LogP contribution < -0.4 is 5.32 Å². The minimum absolute atomic E-state index is 0.399. The Balaban J connectivity index is 2.04. The van der Waals surface area contributed by atoms with Crippen LogP contribution in [0.5, 0.6) is 0 Å². The predicted octanol–water partition coefficient (Wildman–Crippen LogP) is 4.53. The summed E-state index contributed by atoms with van der Waals surface area (Å²) in [5.74, 6) is 0. The van der Waals surface area contributed by atoms with Gasteiger partial charge in [0, 0.05) is 16.6 Å². The molecule has 17 heavy (non-hydrogen) atoms. The maximum atomic E-state index is 3.75. The fraction of sp³-hybridized carbons (Fsp3) is 0.600. The van der Waals surface area contributed by atoms with Gasteiger partial charge in [-0.2, -0.15) is 0 Å². The maximum absolute atomic E-state index is 3.75. The minimum atomic E-state index is 0.399. The summed E-state index contributed by atoms with van der Waals surface area (Å²) in [5.41, 5.74) is 2.15. The molecule has 0 saturated heterocycles. The summed E-state index contributed by atoms with van der Waals surface area (Å²) in [6.45, 7) is 11.6. The highest BCUT2D eigenvalue weighted by atomic mass is 79.9. The molecular formula is C15H22BrN. The Hall–Kier alpha value is -0.340. The van der Waals surface area contributed by atoms with Gasteiger partial charge < -0.3 is 5.32 Å². The Bertz CT molecular complexity index is 391. The second-order valence-electron chi connectivity index (χ2n) is 6.32. The lowest BCUT2D eigenvalue weighted by molar-refractivity contribution is 0.457. The summed E-state index contributed by atoms with van der Waals surface area (Å²) in [6.07, 6.45) is 0. The Morgan fingerprint density at radius 1 is 1.06 bits per heavy atom. The van der Waals surface area contributed by atoms with Gasteiger partial charge in [-0.3, -0.25) is 0 Å². The largest absolute Gasteiger partial charge is 0.306 e. The van der Waals surface area contributed by atoms with Crippen molar-refractivity contribution in [3.63, 3.8) is 0 Å². The van der Waals surface area contributed by atoms with E-state index < -0.39 is 0 Å². The zero-order valence-corrected chi connectivity index (χ0v) is 12.9. The summed E-state index contributed by atoms with van der Waals surface area (Å²) in [6, 6.07) is 9.60. The van der Waals surface area contributed by atoms with Crippen LogP contribution in [0.4, 0.5) is 0 Å². The molecule has 0 heterocycles. The highest BCUT2D eigenvalue weighted by Gasteiger charge is 2.64. The number of rotatable bonds is 3. The Labute approximate surface area is 113 Å². The van der Waals surface area contributed by atoms with E-state index in [1.165, 1.54) is 5.56 Å². The molecule has 1 unspecified atom stereocenters. The van der Waals surface area contributed by atoms with E-state index in [9.17, 15) is 0 Å². The Kier molecular flexibility index (Phi) is 3.16. The first-order valence-corrected chi connectivity index (χ1v) is 7.07. The van der Waals surface area contributed by atoms with Crippen molar-refractivity contribution in [1.82, 2.24) is 5.32 Å². The number of nitrogens with one attached hydrogen (secondary N) is 1. The molecule has 2 heteroatoms. The van der Waals surface area contributed by atoms with Crippen LogP contribution in [0, 0.1) is 10.8 Å². The summed E-state index contributed by atoms with van der Waals surface area (Å²) in [5, 5.41) is 3.75. The molecule has 0 aliphatic heterocycles. The highest BCUT2D eigenvalue weighted by Crippen LogP contribution is 2.63. The molecule has 0 amide bonds. The average Bonchev–Trinajstić information content (AvgIpc) is 2.62. The van der Waals surface area contributed by atoms with Crippen LogP contribution in [-0.4, -0.2) is 6.04 Å². The highest BCUT2D eigenvalue weighted by molar-refractivity contribution is 9.10. The summed E-state index contributed by atoms with van der Waals surface area (Å²) in [7, 11) is 0. The average molecular weight is 296 g/mol. The van der Waals surface area contributed by atoms with Crippen molar-refractivity contribution in [3.05, 3.63) is 34.3 Å². The van der Waals surface area contributed by atoms with E-state index in [4.69, 9.17) is 0 Å². The minimum Gasteiger partial charge on any atom is -0.306 e. The molecular weight excluding hydrogens is 274 g/mol. The van der Waals surface area contributed by atoms with Crippen LogP contribution in [0.15, 0.2) is 28.7 Å². The first kappa shape index (κ1) is 13.1. The molecule has 1 aliphatic carbocycles. The van der Waals surface area contributed by atoms with Crippen LogP contribution >= 0.6 is 15.9 Å². The van der Waals surface area contributed by atoms with Crippen LogP contribution in [0.1, 0.15) is 46.2 Å². The predicted molar refractivity (Wildman–Crippen MR) is 77.0 cm³/mol. The van der Waals surface area contributed by atoms with Crippen molar-refractivity contribution in [2.45, 2.75) is 46.7 Å². The molecule has 0 spiro atoms. The molecule has 1 aliphatic rings. The van der Waals surface area contributed by atoms with Gasteiger partial charge in [-0.25, -0.2) is 0 Å². The van der Waals surface area contributed by atoms with Crippen LogP contribution in [0.25, 0.3) is 0 Å². The van der Waals surface area contributed by atoms with Crippen LogP contribution in [0.3, 0.4) is 0 Å². The zero-order valence-electron chi connectivity index (χ0n) is 11.3. The van der Waals surface area contributed by atoms with E-state index in [-0.39, 0.29) is 0 Å². The summed E-state index contributed by atoms with van der Waals surface area (Å²) in [4.78, 5) is 0. The van der Waals surface area contributed by atoms with E-state index in [0.717, 1.165) is 4.47 Å². The van der Waals surface area contributed by atoms with Gasteiger partial charge in [0.25, 0.3) is 0 Å². The van der Waals surface area contributed by atoms with Crippen molar-refractivity contribution in [1.29, 1.82) is 0 Å². The molecule has 1 aromatic carbocycles. The lowest BCUT2D eigenvalue weighted by atomic mass is 10.0. The van der Waals surface area contributed by atoms with Crippen molar-refractivity contribution < 1.29 is 0 Å². The van der Waals surface area contributed by atoms with Crippen molar-refractivity contribution in [2.24, 2.45) is 10.8 Å².